The van der Waals surface area contributed by atoms with Crippen LogP contribution in [0.15, 0.2) is 36.4 Å². The topological polar surface area (TPSA) is 60.5 Å². The van der Waals surface area contributed by atoms with Crippen molar-refractivity contribution in [3.8, 4) is 23.0 Å². The molecule has 2 aromatic rings. The van der Waals surface area contributed by atoms with Crippen molar-refractivity contribution in [2.24, 2.45) is 0 Å². The third-order valence-corrected chi connectivity index (χ3v) is 5.34. The molecule has 162 valence electrons. The van der Waals surface area contributed by atoms with Gasteiger partial charge in [-0.1, -0.05) is 18.2 Å². The van der Waals surface area contributed by atoms with Crippen molar-refractivity contribution in [1.82, 2.24) is 4.90 Å². The summed E-state index contributed by atoms with van der Waals surface area (Å²) in [6.45, 7) is 4.25. The second-order valence-electron chi connectivity index (χ2n) is 7.19. The van der Waals surface area contributed by atoms with Gasteiger partial charge in [-0.3, -0.25) is 4.79 Å². The molecule has 0 radical (unpaired) electrons. The monoisotopic (exact) mass is 414 g/mol. The lowest BCUT2D eigenvalue weighted by molar-refractivity contribution is -0.130. The predicted octanol–water partition coefficient (Wildman–Crippen LogP) is 3.00. The predicted molar refractivity (Wildman–Crippen MR) is 116 cm³/mol. The normalized spacial score (nSPS) is 15.1. The van der Waals surface area contributed by atoms with Crippen LogP contribution in [0.5, 0.6) is 23.0 Å². The zero-order valence-electron chi connectivity index (χ0n) is 18.3. The molecule has 0 unspecified atom stereocenters. The van der Waals surface area contributed by atoms with Gasteiger partial charge in [-0.2, -0.15) is 0 Å². The van der Waals surface area contributed by atoms with E-state index in [-0.39, 0.29) is 18.4 Å². The number of nitrogens with zero attached hydrogens (tertiary/aromatic N) is 2. The molecule has 0 aromatic heterocycles. The lowest BCUT2D eigenvalue weighted by Gasteiger charge is -2.37. The van der Waals surface area contributed by atoms with Crippen molar-refractivity contribution in [3.63, 3.8) is 0 Å². The van der Waals surface area contributed by atoms with E-state index in [2.05, 4.69) is 17.9 Å². The summed E-state index contributed by atoms with van der Waals surface area (Å²) in [6.07, 6.45) is 0.0991. The summed E-state index contributed by atoms with van der Waals surface area (Å²) in [5, 5.41) is 0. The van der Waals surface area contributed by atoms with Crippen LogP contribution in [0.25, 0.3) is 0 Å². The number of carbonyl (C=O) groups is 1. The van der Waals surface area contributed by atoms with E-state index < -0.39 is 0 Å². The molecule has 7 heteroatoms. The van der Waals surface area contributed by atoms with Crippen LogP contribution in [0.2, 0.25) is 0 Å². The van der Waals surface area contributed by atoms with Crippen molar-refractivity contribution in [3.05, 3.63) is 42.0 Å². The van der Waals surface area contributed by atoms with Gasteiger partial charge in [0.1, 0.15) is 11.9 Å². The summed E-state index contributed by atoms with van der Waals surface area (Å²) in [5.74, 6) is 2.40. The van der Waals surface area contributed by atoms with Crippen LogP contribution >= 0.6 is 0 Å². The Morgan fingerprint density at radius 3 is 2.50 bits per heavy atom. The van der Waals surface area contributed by atoms with Crippen molar-refractivity contribution < 1.29 is 23.7 Å². The third kappa shape index (κ3) is 4.40. The second-order valence-corrected chi connectivity index (χ2v) is 7.19. The first-order valence-corrected chi connectivity index (χ1v) is 10.0. The lowest BCUT2D eigenvalue weighted by Crippen LogP contribution is -2.47. The number of hydrogen-bond acceptors (Lipinski definition) is 6. The van der Waals surface area contributed by atoms with E-state index in [0.29, 0.717) is 23.8 Å². The van der Waals surface area contributed by atoms with Crippen LogP contribution in [-0.4, -0.2) is 64.9 Å². The van der Waals surface area contributed by atoms with E-state index in [9.17, 15) is 4.79 Å². The molecule has 0 fully saturated rings. The molecule has 0 bridgehead atoms. The van der Waals surface area contributed by atoms with Crippen molar-refractivity contribution in [2.75, 3.05) is 52.9 Å². The van der Waals surface area contributed by atoms with E-state index in [0.717, 1.165) is 30.1 Å². The number of ether oxygens (including phenoxy) is 4. The smallest absolute Gasteiger partial charge is 0.227 e. The molecular weight excluding hydrogens is 384 g/mol. The SMILES string of the molecule is CCN1C[C@@H](CN(C)C(=O)Cc2ccc(OC)c(OC)c2OC)Oc2ccccc21. The van der Waals surface area contributed by atoms with Crippen LogP contribution in [-0.2, 0) is 11.2 Å². The van der Waals surface area contributed by atoms with E-state index in [4.69, 9.17) is 18.9 Å². The van der Waals surface area contributed by atoms with Gasteiger partial charge in [0, 0.05) is 19.2 Å². The molecule has 2 aromatic carbocycles. The Bertz CT molecular complexity index is 886. The maximum absolute atomic E-state index is 12.9. The fourth-order valence-electron chi connectivity index (χ4n) is 3.78. The Morgan fingerprint density at radius 1 is 1.10 bits per heavy atom. The molecular formula is C23H30N2O5. The zero-order valence-corrected chi connectivity index (χ0v) is 18.3. The highest BCUT2D eigenvalue weighted by atomic mass is 16.5. The van der Waals surface area contributed by atoms with Gasteiger partial charge in [0.2, 0.25) is 11.7 Å². The lowest BCUT2D eigenvalue weighted by atomic mass is 10.1. The van der Waals surface area contributed by atoms with Gasteiger partial charge in [0.25, 0.3) is 0 Å². The number of hydrogen-bond donors (Lipinski definition) is 0. The highest BCUT2D eigenvalue weighted by Gasteiger charge is 2.27. The van der Waals surface area contributed by atoms with Gasteiger partial charge in [-0.05, 0) is 25.1 Å². The largest absolute Gasteiger partial charge is 0.493 e. The molecule has 0 saturated heterocycles. The number of carbonyl (C=O) groups excluding carboxylic acids is 1. The first kappa shape index (κ1) is 21.6. The number of fused-ring (bicyclic) bond motifs is 1. The van der Waals surface area contributed by atoms with Gasteiger partial charge >= 0.3 is 0 Å². The molecule has 0 saturated carbocycles. The molecule has 1 aliphatic heterocycles. The highest BCUT2D eigenvalue weighted by molar-refractivity contribution is 5.80. The van der Waals surface area contributed by atoms with Gasteiger partial charge < -0.3 is 28.7 Å². The summed E-state index contributed by atoms with van der Waals surface area (Å²) in [7, 11) is 6.48. The van der Waals surface area contributed by atoms with E-state index in [1.165, 1.54) is 0 Å². The van der Waals surface area contributed by atoms with E-state index in [1.807, 2.05) is 24.3 Å². The Balaban J connectivity index is 1.70. The average molecular weight is 415 g/mol. The molecule has 1 aliphatic rings. The van der Waals surface area contributed by atoms with Crippen LogP contribution in [0.3, 0.4) is 0 Å². The number of likely N-dealkylation sites (N-methyl/N-ethyl adjacent to an activating group) is 2. The fourth-order valence-corrected chi connectivity index (χ4v) is 3.78. The summed E-state index contributed by atoms with van der Waals surface area (Å²) < 4.78 is 22.4. The molecule has 0 spiro atoms. The van der Waals surface area contributed by atoms with Gasteiger partial charge in [0.15, 0.2) is 11.5 Å². The first-order valence-electron chi connectivity index (χ1n) is 10.0. The number of methoxy groups -OCH3 is 3. The molecule has 1 heterocycles. The number of rotatable bonds is 8. The van der Waals surface area contributed by atoms with Crippen molar-refractivity contribution >= 4 is 11.6 Å². The van der Waals surface area contributed by atoms with E-state index in [1.54, 1.807) is 39.3 Å². The fraction of sp³-hybridized carbons (Fsp3) is 0.435. The summed E-state index contributed by atoms with van der Waals surface area (Å²) in [5.41, 5.74) is 1.84. The van der Waals surface area contributed by atoms with Gasteiger partial charge in [0.05, 0.1) is 46.5 Å². The third-order valence-electron chi connectivity index (χ3n) is 5.34. The van der Waals surface area contributed by atoms with Crippen LogP contribution < -0.4 is 23.8 Å². The van der Waals surface area contributed by atoms with Gasteiger partial charge in [-0.25, -0.2) is 0 Å². The molecule has 3 rings (SSSR count). The molecule has 0 aliphatic carbocycles. The number of amides is 1. The van der Waals surface area contributed by atoms with Crippen molar-refractivity contribution in [2.45, 2.75) is 19.4 Å². The van der Waals surface area contributed by atoms with Gasteiger partial charge in [-0.15, -0.1) is 0 Å². The van der Waals surface area contributed by atoms with Crippen LogP contribution in [0, 0.1) is 0 Å². The second kappa shape index (κ2) is 9.61. The molecule has 30 heavy (non-hydrogen) atoms. The Kier molecular flexibility index (Phi) is 6.92. The van der Waals surface area contributed by atoms with Crippen LogP contribution in [0.1, 0.15) is 12.5 Å². The zero-order chi connectivity index (χ0) is 21.7. The molecule has 1 atom stereocenters. The standard InChI is InChI=1S/C23H30N2O5/c1-6-25-15-17(30-19-10-8-7-9-18(19)25)14-24(2)21(26)13-16-11-12-20(27-3)23(29-5)22(16)28-4/h7-12,17H,6,13-15H2,1-5H3/t17-/m1/s1. The summed E-state index contributed by atoms with van der Waals surface area (Å²) in [4.78, 5) is 16.9. The number of anilines is 1. The quantitative estimate of drug-likeness (QED) is 0.662. The minimum absolute atomic E-state index is 0.0222. The number of para-hydroxylation sites is 2. The summed E-state index contributed by atoms with van der Waals surface area (Å²) in [6, 6.07) is 11.6. The maximum atomic E-state index is 12.9. The first-order chi connectivity index (χ1) is 14.5. The average Bonchev–Trinajstić information content (AvgIpc) is 2.77. The number of benzene rings is 2. The Hall–Kier alpha value is -3.09. The molecule has 7 nitrogen and oxygen atoms in total. The highest BCUT2D eigenvalue weighted by Crippen LogP contribution is 2.40. The Labute approximate surface area is 178 Å². The summed E-state index contributed by atoms with van der Waals surface area (Å²) >= 11 is 0. The minimum atomic E-state index is -0.0962. The molecule has 0 N–H and O–H groups in total. The molecule has 1 amide bonds. The minimum Gasteiger partial charge on any atom is -0.493 e. The maximum Gasteiger partial charge on any atom is 0.227 e. The van der Waals surface area contributed by atoms with Crippen LogP contribution in [0.4, 0.5) is 5.69 Å². The van der Waals surface area contributed by atoms with E-state index >= 15 is 0 Å². The van der Waals surface area contributed by atoms with Crippen molar-refractivity contribution in [1.29, 1.82) is 0 Å². The Morgan fingerprint density at radius 2 is 1.83 bits per heavy atom.